The minimum Gasteiger partial charge on any atom is -0.478 e. The van der Waals surface area contributed by atoms with Crippen LogP contribution >= 0.6 is 11.6 Å². The summed E-state index contributed by atoms with van der Waals surface area (Å²) in [6, 6.07) is 17.0. The van der Waals surface area contributed by atoms with Crippen molar-refractivity contribution in [1.29, 1.82) is 10.5 Å². The van der Waals surface area contributed by atoms with E-state index in [4.69, 9.17) is 22.1 Å². The number of nitrogens with zero attached hydrogens (tertiary/aromatic N) is 3. The lowest BCUT2D eigenvalue weighted by atomic mass is 10.0. The van der Waals surface area contributed by atoms with Crippen LogP contribution < -0.4 is 5.32 Å². The Hall–Kier alpha value is -3.87. The second-order valence-corrected chi connectivity index (χ2v) is 5.96. The van der Waals surface area contributed by atoms with Crippen LogP contribution in [0.4, 0.5) is 5.69 Å². The van der Waals surface area contributed by atoms with Crippen molar-refractivity contribution in [3.05, 3.63) is 70.9 Å². The van der Waals surface area contributed by atoms with Crippen molar-refractivity contribution in [3.63, 3.8) is 0 Å². The average molecular weight is 375 g/mol. The molecule has 0 radical (unpaired) electrons. The normalized spacial score (nSPS) is 9.89. The van der Waals surface area contributed by atoms with Gasteiger partial charge in [-0.05, 0) is 36.4 Å². The first-order chi connectivity index (χ1) is 13.0. The summed E-state index contributed by atoms with van der Waals surface area (Å²) in [6.07, 6.45) is 1.30. The minimum absolute atomic E-state index is 0.0609. The van der Waals surface area contributed by atoms with Crippen LogP contribution in [0.1, 0.15) is 10.4 Å². The Morgan fingerprint density at radius 2 is 1.93 bits per heavy atom. The zero-order chi connectivity index (χ0) is 19.4. The molecule has 0 aliphatic rings. The maximum Gasteiger partial charge on any atom is 0.336 e. The predicted octanol–water partition coefficient (Wildman–Crippen LogP) is 4.60. The molecular formula is C20H11ClN4O2. The first-order valence-corrected chi connectivity index (χ1v) is 8.10. The third kappa shape index (κ3) is 3.87. The van der Waals surface area contributed by atoms with Gasteiger partial charge in [0.25, 0.3) is 0 Å². The van der Waals surface area contributed by atoms with Gasteiger partial charge >= 0.3 is 5.97 Å². The van der Waals surface area contributed by atoms with Gasteiger partial charge in [0.05, 0.1) is 16.8 Å². The Morgan fingerprint density at radius 1 is 1.15 bits per heavy atom. The molecule has 0 atom stereocenters. The van der Waals surface area contributed by atoms with Crippen LogP contribution in [0, 0.1) is 22.7 Å². The van der Waals surface area contributed by atoms with E-state index in [0.717, 1.165) is 0 Å². The van der Waals surface area contributed by atoms with Gasteiger partial charge in [-0.1, -0.05) is 23.7 Å². The molecule has 0 amide bonds. The number of hydrogen-bond donors (Lipinski definition) is 2. The summed E-state index contributed by atoms with van der Waals surface area (Å²) in [7, 11) is 0. The number of anilines is 1. The van der Waals surface area contributed by atoms with Gasteiger partial charge < -0.3 is 10.4 Å². The Labute approximate surface area is 159 Å². The fourth-order valence-electron chi connectivity index (χ4n) is 2.54. The Balaban J connectivity index is 2.08. The maximum atomic E-state index is 11.7. The Morgan fingerprint density at radius 3 is 2.63 bits per heavy atom. The van der Waals surface area contributed by atoms with Gasteiger partial charge in [-0.15, -0.1) is 0 Å². The van der Waals surface area contributed by atoms with E-state index in [2.05, 4.69) is 10.3 Å². The third-order valence-electron chi connectivity index (χ3n) is 3.78. The molecule has 3 rings (SSSR count). The average Bonchev–Trinajstić information content (AvgIpc) is 2.68. The van der Waals surface area contributed by atoms with Crippen molar-refractivity contribution in [2.24, 2.45) is 0 Å². The van der Waals surface area contributed by atoms with E-state index in [1.807, 2.05) is 0 Å². The van der Waals surface area contributed by atoms with Crippen molar-refractivity contribution in [2.75, 3.05) is 5.32 Å². The summed E-state index contributed by atoms with van der Waals surface area (Å²) in [5.41, 5.74) is 2.36. The molecule has 7 heteroatoms. The van der Waals surface area contributed by atoms with Crippen molar-refractivity contribution in [1.82, 2.24) is 4.98 Å². The molecule has 6 nitrogen and oxygen atoms in total. The van der Waals surface area contributed by atoms with Crippen molar-refractivity contribution < 1.29 is 9.90 Å². The molecule has 0 fully saturated rings. The molecule has 0 saturated carbocycles. The van der Waals surface area contributed by atoms with Gasteiger partial charge in [0, 0.05) is 27.9 Å². The number of allylic oxidation sites excluding steroid dienone is 1. The molecule has 1 heterocycles. The van der Waals surface area contributed by atoms with Gasteiger partial charge in [-0.2, -0.15) is 10.5 Å². The van der Waals surface area contributed by atoms with Gasteiger partial charge in [-0.3, -0.25) is 0 Å². The number of carbonyl (C=O) groups is 1. The number of halogens is 1. The van der Waals surface area contributed by atoms with Gasteiger partial charge in [0.15, 0.2) is 0 Å². The number of aromatic carboxylic acids is 1. The molecule has 0 aliphatic carbocycles. The zero-order valence-corrected chi connectivity index (χ0v) is 14.5. The first kappa shape index (κ1) is 17.9. The molecule has 27 heavy (non-hydrogen) atoms. The molecule has 0 spiro atoms. The second-order valence-electron chi connectivity index (χ2n) is 5.53. The smallest absolute Gasteiger partial charge is 0.336 e. The van der Waals surface area contributed by atoms with E-state index in [1.165, 1.54) is 12.3 Å². The van der Waals surface area contributed by atoms with Crippen molar-refractivity contribution >= 4 is 34.2 Å². The molecule has 130 valence electrons. The summed E-state index contributed by atoms with van der Waals surface area (Å²) >= 11 is 5.98. The number of benzene rings is 2. The Bertz CT molecular complexity index is 1160. The van der Waals surface area contributed by atoms with Gasteiger partial charge in [0.1, 0.15) is 17.7 Å². The van der Waals surface area contributed by atoms with Crippen LogP contribution in [0.3, 0.4) is 0 Å². The van der Waals surface area contributed by atoms with Crippen LogP contribution in [0.5, 0.6) is 0 Å². The first-order valence-electron chi connectivity index (χ1n) is 7.73. The molecule has 0 unspecified atom stereocenters. The number of rotatable bonds is 4. The highest BCUT2D eigenvalue weighted by atomic mass is 35.5. The SMILES string of the molecule is N#CC(C#N)=CNc1cccc(-c2cc(C(=O)O)c3cc(Cl)ccc3n2)c1. The molecule has 0 aliphatic heterocycles. The van der Waals surface area contributed by atoms with E-state index in [0.29, 0.717) is 32.9 Å². The van der Waals surface area contributed by atoms with E-state index in [1.54, 1.807) is 54.6 Å². The highest BCUT2D eigenvalue weighted by Crippen LogP contribution is 2.28. The van der Waals surface area contributed by atoms with E-state index in [9.17, 15) is 9.90 Å². The number of hydrogen-bond acceptors (Lipinski definition) is 5. The minimum atomic E-state index is -1.07. The number of nitrogens with one attached hydrogen (secondary N) is 1. The van der Waals surface area contributed by atoms with Gasteiger partial charge in [0.2, 0.25) is 0 Å². The fourth-order valence-corrected chi connectivity index (χ4v) is 2.71. The van der Waals surface area contributed by atoms with E-state index < -0.39 is 5.97 Å². The number of fused-ring (bicyclic) bond motifs is 1. The monoisotopic (exact) mass is 374 g/mol. The standard InChI is InChI=1S/C20H11ClN4O2/c21-14-4-5-18-16(7-14)17(20(26)27)8-19(25-18)13-2-1-3-15(6-13)24-11-12(9-22)10-23/h1-8,11,24H,(H,26,27). The lowest BCUT2D eigenvalue weighted by molar-refractivity contribution is 0.0699. The summed E-state index contributed by atoms with van der Waals surface area (Å²) in [5.74, 6) is -1.07. The second kappa shape index (κ2) is 7.57. The van der Waals surface area contributed by atoms with Crippen LogP contribution in [0.2, 0.25) is 5.02 Å². The van der Waals surface area contributed by atoms with Crippen LogP contribution in [-0.2, 0) is 0 Å². The number of carboxylic acids is 1. The molecule has 3 aromatic rings. The highest BCUT2D eigenvalue weighted by Gasteiger charge is 2.13. The lowest BCUT2D eigenvalue weighted by Gasteiger charge is -2.09. The van der Waals surface area contributed by atoms with E-state index >= 15 is 0 Å². The number of pyridine rings is 1. The quantitative estimate of drug-likeness (QED) is 0.646. The van der Waals surface area contributed by atoms with Crippen LogP contribution in [-0.4, -0.2) is 16.1 Å². The van der Waals surface area contributed by atoms with Crippen molar-refractivity contribution in [2.45, 2.75) is 0 Å². The zero-order valence-electron chi connectivity index (χ0n) is 13.8. The number of nitriles is 2. The predicted molar refractivity (Wildman–Crippen MR) is 102 cm³/mol. The third-order valence-corrected chi connectivity index (χ3v) is 4.02. The topological polar surface area (TPSA) is 110 Å². The van der Waals surface area contributed by atoms with Crippen LogP contribution in [0.15, 0.2) is 60.3 Å². The Kier molecular flexibility index (Phi) is 5.03. The number of carboxylic acid groups (broad SMARTS) is 1. The lowest BCUT2D eigenvalue weighted by Crippen LogP contribution is -2.00. The summed E-state index contributed by atoms with van der Waals surface area (Å²) in [4.78, 5) is 16.2. The molecular weight excluding hydrogens is 364 g/mol. The van der Waals surface area contributed by atoms with Crippen LogP contribution in [0.25, 0.3) is 22.2 Å². The maximum absolute atomic E-state index is 11.7. The van der Waals surface area contributed by atoms with E-state index in [-0.39, 0.29) is 11.1 Å². The summed E-state index contributed by atoms with van der Waals surface area (Å²) in [5, 5.41) is 30.9. The summed E-state index contributed by atoms with van der Waals surface area (Å²) in [6.45, 7) is 0. The highest BCUT2D eigenvalue weighted by molar-refractivity contribution is 6.31. The van der Waals surface area contributed by atoms with Gasteiger partial charge in [-0.25, -0.2) is 9.78 Å². The molecule has 2 aromatic carbocycles. The fraction of sp³-hybridized carbons (Fsp3) is 0. The van der Waals surface area contributed by atoms with Crippen molar-refractivity contribution in [3.8, 4) is 23.4 Å². The molecule has 1 aromatic heterocycles. The molecule has 0 bridgehead atoms. The molecule has 0 saturated heterocycles. The number of aromatic nitrogens is 1. The summed E-state index contributed by atoms with van der Waals surface area (Å²) < 4.78 is 0. The largest absolute Gasteiger partial charge is 0.478 e. The molecule has 2 N–H and O–H groups in total.